The molecular formula is C19H17N3O2. The molecule has 5 heteroatoms. The Labute approximate surface area is 139 Å². The van der Waals surface area contributed by atoms with Crippen LogP contribution in [0.5, 0.6) is 0 Å². The molecule has 24 heavy (non-hydrogen) atoms. The van der Waals surface area contributed by atoms with E-state index in [1.165, 1.54) is 4.90 Å². The van der Waals surface area contributed by atoms with E-state index < -0.39 is 0 Å². The molecule has 1 aromatic carbocycles. The van der Waals surface area contributed by atoms with Crippen LogP contribution in [0.3, 0.4) is 0 Å². The molecule has 0 aliphatic carbocycles. The van der Waals surface area contributed by atoms with Gasteiger partial charge >= 0.3 is 0 Å². The molecule has 0 saturated heterocycles. The number of aromatic nitrogens is 2. The maximum absolute atomic E-state index is 12.5. The van der Waals surface area contributed by atoms with Crippen LogP contribution in [-0.4, -0.2) is 27.8 Å². The van der Waals surface area contributed by atoms with Crippen molar-refractivity contribution >= 4 is 5.91 Å². The minimum Gasteiger partial charge on any atom is -0.337 e. The highest BCUT2D eigenvalue weighted by Crippen LogP contribution is 2.15. The van der Waals surface area contributed by atoms with Crippen LogP contribution in [0, 0.1) is 0 Å². The number of pyridine rings is 2. The number of H-pyrrole nitrogens is 1. The van der Waals surface area contributed by atoms with Crippen LogP contribution in [-0.2, 0) is 6.54 Å². The smallest absolute Gasteiger partial charge is 0.261 e. The molecular weight excluding hydrogens is 302 g/mol. The number of hydrogen-bond acceptors (Lipinski definition) is 3. The molecule has 2 heterocycles. The topological polar surface area (TPSA) is 66.1 Å². The van der Waals surface area contributed by atoms with Crippen LogP contribution in [0.25, 0.3) is 11.3 Å². The number of rotatable bonds is 4. The van der Waals surface area contributed by atoms with Gasteiger partial charge in [-0.05, 0) is 29.3 Å². The fraction of sp³-hybridized carbons (Fsp3) is 0.105. The second-order valence-electron chi connectivity index (χ2n) is 5.50. The molecule has 0 bridgehead atoms. The van der Waals surface area contributed by atoms with Crippen LogP contribution in [0.2, 0.25) is 0 Å². The van der Waals surface area contributed by atoms with E-state index in [0.29, 0.717) is 12.2 Å². The van der Waals surface area contributed by atoms with E-state index in [4.69, 9.17) is 0 Å². The number of carbonyl (C=O) groups excluding carboxylic acids is 1. The van der Waals surface area contributed by atoms with Gasteiger partial charge in [0.15, 0.2) is 0 Å². The van der Waals surface area contributed by atoms with Gasteiger partial charge in [0.1, 0.15) is 5.56 Å². The zero-order valence-corrected chi connectivity index (χ0v) is 13.3. The third kappa shape index (κ3) is 3.41. The van der Waals surface area contributed by atoms with Gasteiger partial charge in [0.25, 0.3) is 11.5 Å². The molecule has 120 valence electrons. The molecule has 2 aromatic heterocycles. The molecule has 0 saturated carbocycles. The Kier molecular flexibility index (Phi) is 4.52. The van der Waals surface area contributed by atoms with Crippen LogP contribution < -0.4 is 5.56 Å². The van der Waals surface area contributed by atoms with Gasteiger partial charge in [-0.25, -0.2) is 0 Å². The first-order chi connectivity index (χ1) is 11.6. The van der Waals surface area contributed by atoms with Gasteiger partial charge in [-0.2, -0.15) is 0 Å². The molecule has 0 unspecified atom stereocenters. The molecule has 3 rings (SSSR count). The minimum atomic E-state index is -0.389. The van der Waals surface area contributed by atoms with E-state index >= 15 is 0 Å². The number of hydrogen-bond donors (Lipinski definition) is 1. The largest absolute Gasteiger partial charge is 0.337 e. The van der Waals surface area contributed by atoms with Crippen molar-refractivity contribution in [3.05, 3.63) is 88.5 Å². The van der Waals surface area contributed by atoms with Gasteiger partial charge < -0.3 is 9.88 Å². The molecule has 1 amide bonds. The van der Waals surface area contributed by atoms with Gasteiger partial charge in [0, 0.05) is 31.7 Å². The lowest BCUT2D eigenvalue weighted by Gasteiger charge is -2.16. The number of nitrogens with zero attached hydrogens (tertiary/aromatic N) is 2. The summed E-state index contributed by atoms with van der Waals surface area (Å²) in [6.45, 7) is 0.395. The van der Waals surface area contributed by atoms with Crippen molar-refractivity contribution in [1.82, 2.24) is 14.9 Å². The summed E-state index contributed by atoms with van der Waals surface area (Å²) in [6, 6.07) is 16.5. The summed E-state index contributed by atoms with van der Waals surface area (Å²) in [7, 11) is 1.67. The molecule has 5 nitrogen and oxygen atoms in total. The first-order valence-corrected chi connectivity index (χ1v) is 7.58. The van der Waals surface area contributed by atoms with Crippen molar-refractivity contribution in [2.45, 2.75) is 6.54 Å². The summed E-state index contributed by atoms with van der Waals surface area (Å²) in [4.78, 5) is 33.1. The monoisotopic (exact) mass is 319 g/mol. The minimum absolute atomic E-state index is 0.126. The van der Waals surface area contributed by atoms with E-state index in [9.17, 15) is 9.59 Å². The Balaban J connectivity index is 1.82. The van der Waals surface area contributed by atoms with Crippen molar-refractivity contribution in [3.8, 4) is 11.3 Å². The molecule has 0 radical (unpaired) electrons. The van der Waals surface area contributed by atoms with Crippen LogP contribution in [0.4, 0.5) is 0 Å². The summed E-state index contributed by atoms with van der Waals surface area (Å²) in [6.07, 6.45) is 3.38. The average Bonchev–Trinajstić information content (AvgIpc) is 2.62. The predicted molar refractivity (Wildman–Crippen MR) is 92.5 cm³/mol. The van der Waals surface area contributed by atoms with Crippen molar-refractivity contribution in [2.75, 3.05) is 7.05 Å². The molecule has 0 aliphatic rings. The Morgan fingerprint density at radius 2 is 1.88 bits per heavy atom. The quantitative estimate of drug-likeness (QED) is 0.804. The molecule has 3 aromatic rings. The van der Waals surface area contributed by atoms with E-state index in [1.807, 2.05) is 42.5 Å². The summed E-state index contributed by atoms with van der Waals surface area (Å²) in [5, 5.41) is 0. The van der Waals surface area contributed by atoms with Crippen molar-refractivity contribution in [1.29, 1.82) is 0 Å². The van der Waals surface area contributed by atoms with Gasteiger partial charge in [-0.3, -0.25) is 14.6 Å². The van der Waals surface area contributed by atoms with Crippen LogP contribution >= 0.6 is 0 Å². The highest BCUT2D eigenvalue weighted by molar-refractivity contribution is 5.93. The Morgan fingerprint density at radius 3 is 2.54 bits per heavy atom. The zero-order chi connectivity index (χ0) is 16.9. The number of carbonyl (C=O) groups is 1. The number of amides is 1. The van der Waals surface area contributed by atoms with Gasteiger partial charge in [0.05, 0.1) is 0 Å². The predicted octanol–water partition coefficient (Wildman–Crippen LogP) is 2.71. The summed E-state index contributed by atoms with van der Waals surface area (Å²) >= 11 is 0. The molecule has 1 N–H and O–H groups in total. The maximum atomic E-state index is 12.5. The van der Waals surface area contributed by atoms with Crippen molar-refractivity contribution in [2.24, 2.45) is 0 Å². The summed E-state index contributed by atoms with van der Waals surface area (Å²) < 4.78 is 0. The number of benzene rings is 1. The Hall–Kier alpha value is -3.21. The lowest BCUT2D eigenvalue weighted by atomic mass is 10.1. The lowest BCUT2D eigenvalue weighted by Crippen LogP contribution is -2.31. The molecule has 0 spiro atoms. The summed E-state index contributed by atoms with van der Waals surface area (Å²) in [5.74, 6) is -0.320. The second kappa shape index (κ2) is 6.91. The fourth-order valence-electron chi connectivity index (χ4n) is 2.47. The number of aromatic amines is 1. The van der Waals surface area contributed by atoms with Gasteiger partial charge in [0.2, 0.25) is 0 Å². The van der Waals surface area contributed by atoms with Gasteiger partial charge in [-0.1, -0.05) is 36.4 Å². The normalized spacial score (nSPS) is 10.4. The fourth-order valence-corrected chi connectivity index (χ4v) is 2.47. The molecule has 0 atom stereocenters. The van der Waals surface area contributed by atoms with Crippen LogP contribution in [0.15, 0.2) is 71.8 Å². The third-order valence-corrected chi connectivity index (χ3v) is 3.71. The Bertz CT molecular complexity index is 889. The Morgan fingerprint density at radius 1 is 1.08 bits per heavy atom. The first kappa shape index (κ1) is 15.7. The van der Waals surface area contributed by atoms with Crippen molar-refractivity contribution in [3.63, 3.8) is 0 Å². The van der Waals surface area contributed by atoms with Crippen LogP contribution in [0.1, 0.15) is 15.9 Å². The van der Waals surface area contributed by atoms with E-state index in [0.717, 1.165) is 11.1 Å². The summed E-state index contributed by atoms with van der Waals surface area (Å²) in [5.41, 5.74) is 2.23. The molecule has 0 fully saturated rings. The van der Waals surface area contributed by atoms with Crippen molar-refractivity contribution < 1.29 is 4.79 Å². The van der Waals surface area contributed by atoms with E-state index in [-0.39, 0.29) is 17.0 Å². The maximum Gasteiger partial charge on any atom is 0.261 e. The standard InChI is InChI=1S/C19H17N3O2/c1-22(13-14-6-5-11-20-12-14)19(24)16-9-10-17(21-18(16)23)15-7-3-2-4-8-15/h2-12H,13H2,1H3,(H,21,23). The average molecular weight is 319 g/mol. The first-order valence-electron chi connectivity index (χ1n) is 7.58. The SMILES string of the molecule is CN(Cc1cccnc1)C(=O)c1ccc(-c2ccccc2)[nH]c1=O. The third-order valence-electron chi connectivity index (χ3n) is 3.71. The zero-order valence-electron chi connectivity index (χ0n) is 13.3. The van der Waals surface area contributed by atoms with E-state index in [2.05, 4.69) is 9.97 Å². The second-order valence-corrected chi connectivity index (χ2v) is 5.50. The van der Waals surface area contributed by atoms with Gasteiger partial charge in [-0.15, -0.1) is 0 Å². The highest BCUT2D eigenvalue weighted by atomic mass is 16.2. The lowest BCUT2D eigenvalue weighted by molar-refractivity contribution is 0.0783. The highest BCUT2D eigenvalue weighted by Gasteiger charge is 2.16. The number of nitrogens with one attached hydrogen (secondary N) is 1. The molecule has 0 aliphatic heterocycles. The van der Waals surface area contributed by atoms with E-state index in [1.54, 1.807) is 31.6 Å².